The van der Waals surface area contributed by atoms with Crippen LogP contribution in [0.3, 0.4) is 0 Å². The molecule has 4 atom stereocenters. The lowest BCUT2D eigenvalue weighted by Crippen LogP contribution is -2.47. The van der Waals surface area contributed by atoms with Gasteiger partial charge in [0.25, 0.3) is 0 Å². The molecule has 1 aliphatic heterocycles. The number of carbonyl (C=O) groups is 1. The normalized spacial score (nSPS) is 27.4. The van der Waals surface area contributed by atoms with Crippen molar-refractivity contribution in [1.29, 1.82) is 0 Å². The molecule has 0 amide bonds. The highest BCUT2D eigenvalue weighted by Crippen LogP contribution is 2.34. The number of nitrogens with zero attached hydrogens (tertiary/aromatic N) is 1. The molecule has 10 heteroatoms. The molecular formula is C18H22NO9-. The van der Waals surface area contributed by atoms with E-state index < -0.39 is 43.3 Å². The first-order valence-corrected chi connectivity index (χ1v) is 8.73. The highest BCUT2D eigenvalue weighted by atomic mass is 16.7. The smallest absolute Gasteiger partial charge is 0.343 e. The van der Waals surface area contributed by atoms with Crippen molar-refractivity contribution in [3.63, 3.8) is 0 Å². The first kappa shape index (κ1) is 20.7. The maximum Gasteiger partial charge on any atom is 0.343 e. The van der Waals surface area contributed by atoms with E-state index in [-0.39, 0.29) is 31.1 Å². The van der Waals surface area contributed by atoms with Crippen LogP contribution in [0.2, 0.25) is 0 Å². The number of carbonyl (C=O) groups excluding carboxylic acids is 1. The van der Waals surface area contributed by atoms with Crippen molar-refractivity contribution in [2.45, 2.75) is 37.1 Å². The highest BCUT2D eigenvalue weighted by Gasteiger charge is 2.57. The number of esters is 1. The van der Waals surface area contributed by atoms with Crippen LogP contribution in [-0.4, -0.2) is 75.4 Å². The van der Waals surface area contributed by atoms with E-state index >= 15 is 0 Å². The van der Waals surface area contributed by atoms with Crippen molar-refractivity contribution >= 4 is 16.9 Å². The minimum absolute atomic E-state index is 0.0182. The fourth-order valence-electron chi connectivity index (χ4n) is 3.05. The average Bonchev–Trinajstić information content (AvgIpc) is 3.18. The Morgan fingerprint density at radius 2 is 2.00 bits per heavy atom. The van der Waals surface area contributed by atoms with Gasteiger partial charge in [0.2, 0.25) is 5.79 Å². The molecule has 3 rings (SSSR count). The maximum atomic E-state index is 12.7. The molecule has 4 unspecified atom stereocenters. The molecule has 1 fully saturated rings. The Labute approximate surface area is 159 Å². The largest absolute Gasteiger partial charge is 0.656 e. The van der Waals surface area contributed by atoms with E-state index in [1.807, 2.05) is 0 Å². The van der Waals surface area contributed by atoms with Gasteiger partial charge in [0.05, 0.1) is 13.2 Å². The van der Waals surface area contributed by atoms with Crippen LogP contribution >= 0.6 is 0 Å². The standard InChI is InChI=1S/C18H22NO9/c20-6-3-7-26-14-15(28-18(25,9-22)16(14)23)17(24)27-13-10-4-1-2-5-11(10)19-12(13)8-21/h1-2,4-5,14-16,20-23,25H,3,6-9H2/q-1. The zero-order chi connectivity index (χ0) is 20.3. The van der Waals surface area contributed by atoms with Crippen molar-refractivity contribution in [1.82, 2.24) is 4.98 Å². The molecule has 154 valence electrons. The van der Waals surface area contributed by atoms with Crippen LogP contribution in [0.5, 0.6) is 5.75 Å². The summed E-state index contributed by atoms with van der Waals surface area (Å²) in [6.45, 7) is -1.63. The van der Waals surface area contributed by atoms with Gasteiger partial charge in [0.15, 0.2) is 6.10 Å². The van der Waals surface area contributed by atoms with Gasteiger partial charge in [0.1, 0.15) is 18.0 Å². The van der Waals surface area contributed by atoms with Crippen LogP contribution < -0.4 is 9.72 Å². The van der Waals surface area contributed by atoms with Crippen molar-refractivity contribution in [2.75, 3.05) is 19.8 Å². The molecule has 2 heterocycles. The SMILES string of the molecule is O=C(Oc1c(CO)[n-]c2ccccc12)C1OC(O)(CO)C(O)C1OCCCO. The van der Waals surface area contributed by atoms with Crippen LogP contribution in [0.1, 0.15) is 12.1 Å². The van der Waals surface area contributed by atoms with Crippen molar-refractivity contribution in [3.8, 4) is 5.75 Å². The Morgan fingerprint density at radius 1 is 1.25 bits per heavy atom. The van der Waals surface area contributed by atoms with Crippen molar-refractivity contribution in [3.05, 3.63) is 30.0 Å². The number of hydrogen-bond donors (Lipinski definition) is 5. The van der Waals surface area contributed by atoms with Gasteiger partial charge in [-0.05, 0) is 6.42 Å². The summed E-state index contributed by atoms with van der Waals surface area (Å²) in [5, 5.41) is 48.7. The fourth-order valence-corrected chi connectivity index (χ4v) is 3.05. The average molecular weight is 396 g/mol. The van der Waals surface area contributed by atoms with Crippen LogP contribution in [0.15, 0.2) is 24.3 Å². The van der Waals surface area contributed by atoms with Gasteiger partial charge in [-0.25, -0.2) is 4.79 Å². The topological polar surface area (TPSA) is 160 Å². The second-order valence-corrected chi connectivity index (χ2v) is 6.38. The maximum absolute atomic E-state index is 12.7. The first-order chi connectivity index (χ1) is 13.4. The van der Waals surface area contributed by atoms with E-state index in [0.29, 0.717) is 10.9 Å². The Balaban J connectivity index is 1.85. The number of hydrogen-bond acceptors (Lipinski definition) is 9. The van der Waals surface area contributed by atoms with Crippen molar-refractivity contribution < 1.29 is 44.5 Å². The molecule has 1 saturated heterocycles. The van der Waals surface area contributed by atoms with Gasteiger partial charge < -0.3 is 44.7 Å². The van der Waals surface area contributed by atoms with E-state index in [1.165, 1.54) is 0 Å². The van der Waals surface area contributed by atoms with Crippen LogP contribution in [0, 0.1) is 0 Å². The third kappa shape index (κ3) is 3.76. The molecule has 0 bridgehead atoms. The summed E-state index contributed by atoms with van der Waals surface area (Å²) in [7, 11) is 0. The molecule has 28 heavy (non-hydrogen) atoms. The summed E-state index contributed by atoms with van der Waals surface area (Å²) in [6.07, 6.45) is -4.37. The van der Waals surface area contributed by atoms with E-state index in [9.17, 15) is 25.2 Å². The minimum Gasteiger partial charge on any atom is -0.656 e. The Hall–Kier alpha value is -2.05. The van der Waals surface area contributed by atoms with Gasteiger partial charge in [0, 0.05) is 18.6 Å². The number of aliphatic hydroxyl groups is 5. The molecule has 0 radical (unpaired) electrons. The Kier molecular flexibility index (Phi) is 6.30. The molecule has 5 N–H and O–H groups in total. The summed E-state index contributed by atoms with van der Waals surface area (Å²) in [4.78, 5) is 16.9. The van der Waals surface area contributed by atoms with Crippen molar-refractivity contribution in [2.24, 2.45) is 0 Å². The molecule has 10 nitrogen and oxygen atoms in total. The van der Waals surface area contributed by atoms with Gasteiger partial charge in [-0.3, -0.25) is 0 Å². The first-order valence-electron chi connectivity index (χ1n) is 8.73. The predicted octanol–water partition coefficient (Wildman–Crippen LogP) is -1.60. The predicted molar refractivity (Wildman–Crippen MR) is 93.2 cm³/mol. The Bertz CT molecular complexity index is 822. The number of aromatic nitrogens is 1. The molecule has 0 saturated carbocycles. The zero-order valence-electron chi connectivity index (χ0n) is 14.9. The number of ether oxygens (including phenoxy) is 3. The van der Waals surface area contributed by atoms with Gasteiger partial charge in [-0.15, -0.1) is 5.52 Å². The van der Waals surface area contributed by atoms with E-state index in [0.717, 1.165) is 0 Å². The quantitative estimate of drug-likeness (QED) is 0.260. The number of benzene rings is 1. The Morgan fingerprint density at radius 3 is 2.68 bits per heavy atom. The number of fused-ring (bicyclic) bond motifs is 1. The van der Waals surface area contributed by atoms with Gasteiger partial charge in [-0.2, -0.15) is 0 Å². The van der Waals surface area contributed by atoms with Crippen LogP contribution in [0.4, 0.5) is 0 Å². The number of aliphatic hydroxyl groups excluding tert-OH is 4. The summed E-state index contributed by atoms with van der Waals surface area (Å²) < 4.78 is 15.9. The molecule has 1 aliphatic rings. The fraction of sp³-hybridized carbons (Fsp3) is 0.500. The molecule has 1 aromatic carbocycles. The lowest BCUT2D eigenvalue weighted by atomic mass is 10.1. The van der Waals surface area contributed by atoms with E-state index in [4.69, 9.17) is 19.3 Å². The molecule has 2 aromatic rings. The molecule has 0 spiro atoms. The molecule has 1 aromatic heterocycles. The summed E-state index contributed by atoms with van der Waals surface area (Å²) >= 11 is 0. The summed E-state index contributed by atoms with van der Waals surface area (Å²) in [5.41, 5.74) is 0.660. The third-order valence-electron chi connectivity index (χ3n) is 4.49. The van der Waals surface area contributed by atoms with E-state index in [2.05, 4.69) is 4.98 Å². The van der Waals surface area contributed by atoms with E-state index in [1.54, 1.807) is 24.3 Å². The van der Waals surface area contributed by atoms with Gasteiger partial charge >= 0.3 is 5.97 Å². The summed E-state index contributed by atoms with van der Waals surface area (Å²) in [6, 6.07) is 6.80. The van der Waals surface area contributed by atoms with Gasteiger partial charge in [-0.1, -0.05) is 30.0 Å². The lowest BCUT2D eigenvalue weighted by Gasteiger charge is -2.23. The molecular weight excluding hydrogens is 374 g/mol. The second kappa shape index (κ2) is 8.53. The minimum atomic E-state index is -2.40. The van der Waals surface area contributed by atoms with Crippen LogP contribution in [0.25, 0.3) is 10.9 Å². The third-order valence-corrected chi connectivity index (χ3v) is 4.49. The molecule has 0 aliphatic carbocycles. The summed E-state index contributed by atoms with van der Waals surface area (Å²) in [5.74, 6) is -3.36. The van der Waals surface area contributed by atoms with Crippen LogP contribution in [-0.2, 0) is 20.9 Å². The number of para-hydroxylation sites is 1. The zero-order valence-corrected chi connectivity index (χ0v) is 14.9. The lowest BCUT2D eigenvalue weighted by molar-refractivity contribution is -0.246. The second-order valence-electron chi connectivity index (χ2n) is 6.38. The monoisotopic (exact) mass is 396 g/mol. The highest BCUT2D eigenvalue weighted by molar-refractivity contribution is 5.91. The number of rotatable bonds is 8.